The fourth-order valence-electron chi connectivity index (χ4n) is 4.05. The molecular weight excluding hydrogens is 1040 g/mol. The fraction of sp³-hybridized carbons (Fsp3) is 0.182. The molecule has 0 spiro atoms. The lowest BCUT2D eigenvalue weighted by Gasteiger charge is -2.25. The molecule has 26 heteroatoms. The SMILES string of the molecule is COc1cc(/C=C\C=N/N(C)P(=S)(Cl)Cl)ccc1OP(=S)(Oc1ccc(/C=C/C=N/N(C)P(=S)(Cl)Cl)cc1OC)Oc1ccc(/C=C/C=N/N(C)P(=S)(Cl)Cl)cc1OC. The van der Waals surface area contributed by atoms with Gasteiger partial charge in [-0.25, -0.2) is 14.3 Å². The normalized spacial score (nSPS) is 12.9. The standard InChI is InChI=1S/C33H36Cl6N6O6P4S4/c1-43(52(34,35)56)40-19-7-10-25-13-16-28(31(22-25)46-4)49-55(59,50-29-17-14-26(23-32(29)47-5)11-8-20-41-44(2)53(36,37)57)51-30-18-15-27(24-33(30)48-6)12-9-21-42-45(3)54(38,39)58/h7-24H,1-6H3/b10-7-,11-8+,12-9+,40-19-,41-20+,42-21+. The predicted octanol–water partition coefficient (Wildman–Crippen LogP) is 13.4. The van der Waals surface area contributed by atoms with Crippen LogP contribution < -0.4 is 27.8 Å². The molecule has 0 atom stereocenters. The highest BCUT2D eigenvalue weighted by molar-refractivity contribution is 8.38. The van der Waals surface area contributed by atoms with E-state index in [9.17, 15) is 0 Å². The van der Waals surface area contributed by atoms with Gasteiger partial charge in [0.15, 0.2) is 34.5 Å². The van der Waals surface area contributed by atoms with Crippen LogP contribution >= 0.6 is 88.8 Å². The zero-order valence-electron chi connectivity index (χ0n) is 31.7. The van der Waals surface area contributed by atoms with E-state index in [1.807, 2.05) is 0 Å². The second-order valence-electron chi connectivity index (χ2n) is 11.1. The number of ether oxygens (including phenoxy) is 3. The van der Waals surface area contributed by atoms with E-state index in [0.29, 0.717) is 17.2 Å². The predicted molar refractivity (Wildman–Crippen MR) is 269 cm³/mol. The monoisotopic (exact) mass is 1070 g/mol. The molecule has 0 heterocycles. The van der Waals surface area contributed by atoms with E-state index in [1.54, 1.807) is 112 Å². The molecule has 0 saturated heterocycles. The van der Waals surface area contributed by atoms with Gasteiger partial charge in [-0.2, -0.15) is 15.3 Å². The van der Waals surface area contributed by atoms with Crippen LogP contribution in [0.15, 0.2) is 88.1 Å². The Hall–Kier alpha value is -1.57. The van der Waals surface area contributed by atoms with Gasteiger partial charge in [0.2, 0.25) is 14.7 Å². The molecule has 0 radical (unpaired) electrons. The van der Waals surface area contributed by atoms with Crippen molar-refractivity contribution in [1.82, 2.24) is 14.3 Å². The van der Waals surface area contributed by atoms with Crippen molar-refractivity contribution in [1.29, 1.82) is 0 Å². The largest absolute Gasteiger partial charge is 0.493 e. The summed E-state index contributed by atoms with van der Waals surface area (Å²) in [5.74, 6) is 1.69. The topological polar surface area (TPSA) is 102 Å². The third-order valence-corrected chi connectivity index (χ3v) is 17.4. The number of allylic oxidation sites excluding steroid dienone is 3. The highest BCUT2D eigenvalue weighted by atomic mass is 35.9. The number of benzene rings is 3. The zero-order valence-corrected chi connectivity index (χ0v) is 43.1. The molecule has 59 heavy (non-hydrogen) atoms. The molecule has 0 saturated carbocycles. The third kappa shape index (κ3) is 17.6. The number of hydrazone groups is 3. The van der Waals surface area contributed by atoms with Crippen molar-refractivity contribution in [2.24, 2.45) is 15.3 Å². The molecule has 0 aliphatic carbocycles. The van der Waals surface area contributed by atoms with Crippen molar-refractivity contribution in [3.63, 3.8) is 0 Å². The van der Waals surface area contributed by atoms with Gasteiger partial charge in [0, 0.05) is 51.6 Å². The molecule has 0 bridgehead atoms. The van der Waals surface area contributed by atoms with Crippen molar-refractivity contribution in [2.45, 2.75) is 0 Å². The Balaban J connectivity index is 2.02. The van der Waals surface area contributed by atoms with Crippen LogP contribution in [0.1, 0.15) is 16.7 Å². The van der Waals surface area contributed by atoms with Crippen LogP contribution in [0.4, 0.5) is 0 Å². The second-order valence-corrected chi connectivity index (χ2v) is 37.0. The Labute approximate surface area is 393 Å². The van der Waals surface area contributed by atoms with Crippen LogP contribution in [0, 0.1) is 0 Å². The summed E-state index contributed by atoms with van der Waals surface area (Å²) in [4.78, 5) is -8.23. The minimum absolute atomic E-state index is 0.232. The van der Waals surface area contributed by atoms with Gasteiger partial charge in [-0.1, -0.05) is 36.4 Å². The summed E-state index contributed by atoms with van der Waals surface area (Å²) in [7, 11) is 9.26. The fourth-order valence-corrected chi connectivity index (χ4v) is 7.69. The molecule has 3 rings (SSSR count). The molecular formula is C33H36Cl6N6O6P4S4. The summed E-state index contributed by atoms with van der Waals surface area (Å²) >= 11 is 57.3. The van der Waals surface area contributed by atoms with Gasteiger partial charge in [-0.05, 0) is 174 Å². The number of hydrogen-bond donors (Lipinski definition) is 0. The van der Waals surface area contributed by atoms with Crippen molar-refractivity contribution in [3.05, 3.63) is 89.5 Å². The minimum atomic E-state index is -3.85. The Kier molecular flexibility index (Phi) is 20.8. The molecule has 0 aliphatic rings. The van der Waals surface area contributed by atoms with E-state index in [-0.39, 0.29) is 17.2 Å². The maximum atomic E-state index is 6.42. The Morgan fingerprint density at radius 1 is 0.458 bits per heavy atom. The van der Waals surface area contributed by atoms with E-state index < -0.39 is 21.4 Å². The number of rotatable bonds is 21. The third-order valence-electron chi connectivity index (χ3n) is 7.03. The van der Waals surface area contributed by atoms with Gasteiger partial charge in [0.25, 0.3) is 0 Å². The first-order valence-electron chi connectivity index (χ1n) is 16.1. The van der Waals surface area contributed by atoms with E-state index in [1.165, 1.54) is 54.3 Å². The first kappa shape index (κ1) is 51.8. The van der Waals surface area contributed by atoms with E-state index >= 15 is 0 Å². The Bertz CT molecular complexity index is 2080. The summed E-state index contributed by atoms with van der Waals surface area (Å²) in [6.07, 6.45) is 14.9. The quantitative estimate of drug-likeness (QED) is 0.0575. The lowest BCUT2D eigenvalue weighted by atomic mass is 10.2. The van der Waals surface area contributed by atoms with Gasteiger partial charge in [-0.15, -0.1) is 0 Å². The summed E-state index contributed by atoms with van der Waals surface area (Å²) in [5.41, 5.74) is 2.22. The number of methoxy groups -OCH3 is 3. The molecule has 0 aliphatic heterocycles. The van der Waals surface area contributed by atoms with Crippen LogP contribution in [0.25, 0.3) is 18.2 Å². The molecule has 12 nitrogen and oxygen atoms in total. The van der Waals surface area contributed by atoms with Gasteiger partial charge < -0.3 is 27.8 Å². The second kappa shape index (κ2) is 23.8. The van der Waals surface area contributed by atoms with E-state index in [4.69, 9.17) is 142 Å². The molecule has 0 amide bonds. The van der Waals surface area contributed by atoms with Crippen LogP contribution in [-0.2, 0) is 47.2 Å². The Morgan fingerprint density at radius 2 is 0.712 bits per heavy atom. The van der Waals surface area contributed by atoms with E-state index in [2.05, 4.69) is 15.3 Å². The van der Waals surface area contributed by atoms with Crippen LogP contribution in [0.3, 0.4) is 0 Å². The molecule has 0 N–H and O–H groups in total. The van der Waals surface area contributed by atoms with Gasteiger partial charge >= 0.3 is 6.72 Å². The highest BCUT2D eigenvalue weighted by Gasteiger charge is 2.31. The summed E-state index contributed by atoms with van der Waals surface area (Å²) in [6.45, 7) is -3.85. The lowest BCUT2D eigenvalue weighted by molar-refractivity contribution is 0.335. The summed E-state index contributed by atoms with van der Waals surface area (Å²) in [6, 6.07) is 15.5. The minimum Gasteiger partial charge on any atom is -0.493 e. The van der Waals surface area contributed by atoms with Gasteiger partial charge in [0.05, 0.1) is 21.3 Å². The highest BCUT2D eigenvalue weighted by Crippen LogP contribution is 2.61. The van der Waals surface area contributed by atoms with Crippen LogP contribution in [-0.4, -0.2) is 75.5 Å². The molecule has 3 aromatic carbocycles. The van der Waals surface area contributed by atoms with Crippen molar-refractivity contribution in [2.75, 3.05) is 42.5 Å². The molecule has 0 aromatic heterocycles. The number of halogens is 6. The number of hydrogen-bond acceptors (Lipinski definition) is 13. The van der Waals surface area contributed by atoms with Gasteiger partial charge in [0.1, 0.15) is 0 Å². The van der Waals surface area contributed by atoms with Crippen LogP contribution in [0.5, 0.6) is 34.5 Å². The molecule has 320 valence electrons. The number of nitrogens with zero attached hydrogens (tertiary/aromatic N) is 6. The first-order valence-corrected chi connectivity index (χ1v) is 32.4. The van der Waals surface area contributed by atoms with Crippen molar-refractivity contribution >= 4 is 173 Å². The zero-order chi connectivity index (χ0) is 44.0. The van der Waals surface area contributed by atoms with Crippen molar-refractivity contribution in [3.8, 4) is 34.5 Å². The van der Waals surface area contributed by atoms with Crippen LogP contribution in [0.2, 0.25) is 0 Å². The van der Waals surface area contributed by atoms with Crippen molar-refractivity contribution < 1.29 is 27.8 Å². The molecule has 0 unspecified atom stereocenters. The molecule has 0 fully saturated rings. The van der Waals surface area contributed by atoms with Gasteiger partial charge in [-0.3, -0.25) is 0 Å². The maximum absolute atomic E-state index is 6.42. The summed E-state index contributed by atoms with van der Waals surface area (Å²) in [5, 5.41) is 12.4. The molecule has 3 aromatic rings. The summed E-state index contributed by atoms with van der Waals surface area (Å²) < 4.78 is 40.3. The Morgan fingerprint density at radius 3 is 0.932 bits per heavy atom. The average molecular weight is 1080 g/mol. The lowest BCUT2D eigenvalue weighted by Crippen LogP contribution is -2.09. The first-order chi connectivity index (χ1) is 27.6. The maximum Gasteiger partial charge on any atom is 0.490 e. The smallest absolute Gasteiger partial charge is 0.490 e. The average Bonchev–Trinajstić information content (AvgIpc) is 3.16. The van der Waals surface area contributed by atoms with E-state index in [0.717, 1.165) is 16.7 Å².